The van der Waals surface area contributed by atoms with Gasteiger partial charge in [-0.1, -0.05) is 0 Å². The number of benzene rings is 1. The Morgan fingerprint density at radius 1 is 1.22 bits per heavy atom. The standard InChI is InChI=1S/C11H10F2N4O/c1-14-10-5-15-17-11(16-10)6-3-8(13)9(18-2)4-7(6)12/h3-5H,1-2H3,(H,14,16,17). The summed E-state index contributed by atoms with van der Waals surface area (Å²) in [5, 5.41) is 10.1. The highest BCUT2D eigenvalue weighted by Crippen LogP contribution is 2.26. The van der Waals surface area contributed by atoms with E-state index in [1.54, 1.807) is 7.05 Å². The molecule has 0 saturated heterocycles. The minimum absolute atomic E-state index is 0.000836. The molecule has 1 aromatic heterocycles. The Morgan fingerprint density at radius 3 is 2.67 bits per heavy atom. The van der Waals surface area contributed by atoms with Crippen LogP contribution in [-0.2, 0) is 0 Å². The van der Waals surface area contributed by atoms with Gasteiger partial charge in [-0.3, -0.25) is 0 Å². The van der Waals surface area contributed by atoms with Gasteiger partial charge in [-0.25, -0.2) is 13.8 Å². The van der Waals surface area contributed by atoms with Gasteiger partial charge in [-0.2, -0.15) is 5.10 Å². The molecule has 5 nitrogen and oxygen atoms in total. The van der Waals surface area contributed by atoms with E-state index in [1.807, 2.05) is 0 Å². The number of rotatable bonds is 3. The van der Waals surface area contributed by atoms with Gasteiger partial charge in [0.1, 0.15) is 11.6 Å². The summed E-state index contributed by atoms with van der Waals surface area (Å²) < 4.78 is 32.0. The van der Waals surface area contributed by atoms with Gasteiger partial charge in [0.25, 0.3) is 0 Å². The van der Waals surface area contributed by atoms with Gasteiger partial charge < -0.3 is 10.1 Å². The quantitative estimate of drug-likeness (QED) is 0.903. The molecule has 0 aliphatic carbocycles. The van der Waals surface area contributed by atoms with Crippen molar-refractivity contribution in [1.82, 2.24) is 15.2 Å². The molecule has 7 heteroatoms. The molecule has 0 unspecified atom stereocenters. The SMILES string of the molecule is CNc1cnnc(-c2cc(F)c(OC)cc2F)n1. The normalized spacial score (nSPS) is 10.2. The van der Waals surface area contributed by atoms with E-state index in [0.717, 1.165) is 12.1 Å². The van der Waals surface area contributed by atoms with Crippen molar-refractivity contribution in [3.63, 3.8) is 0 Å². The van der Waals surface area contributed by atoms with E-state index in [1.165, 1.54) is 13.3 Å². The van der Waals surface area contributed by atoms with Gasteiger partial charge in [0.2, 0.25) is 0 Å². The summed E-state index contributed by atoms with van der Waals surface area (Å²) in [6.45, 7) is 0. The molecule has 2 rings (SSSR count). The first-order valence-electron chi connectivity index (χ1n) is 5.06. The Kier molecular flexibility index (Phi) is 3.31. The van der Waals surface area contributed by atoms with Crippen LogP contribution < -0.4 is 10.1 Å². The van der Waals surface area contributed by atoms with Crippen LogP contribution >= 0.6 is 0 Å². The maximum absolute atomic E-state index is 13.8. The number of ether oxygens (including phenoxy) is 1. The topological polar surface area (TPSA) is 59.9 Å². The first-order valence-corrected chi connectivity index (χ1v) is 5.06. The van der Waals surface area contributed by atoms with Crippen molar-refractivity contribution in [2.45, 2.75) is 0 Å². The Labute approximate surface area is 102 Å². The minimum Gasteiger partial charge on any atom is -0.494 e. The predicted molar refractivity (Wildman–Crippen MR) is 61.3 cm³/mol. The molecule has 0 saturated carbocycles. The molecule has 0 spiro atoms. The van der Waals surface area contributed by atoms with Gasteiger partial charge in [0.15, 0.2) is 17.4 Å². The summed E-state index contributed by atoms with van der Waals surface area (Å²) >= 11 is 0. The lowest BCUT2D eigenvalue weighted by molar-refractivity contribution is 0.383. The van der Waals surface area contributed by atoms with Crippen molar-refractivity contribution >= 4 is 5.82 Å². The highest BCUT2D eigenvalue weighted by molar-refractivity contribution is 5.58. The van der Waals surface area contributed by atoms with Crippen molar-refractivity contribution in [3.8, 4) is 17.1 Å². The lowest BCUT2D eigenvalue weighted by Crippen LogP contribution is -2.00. The first-order chi connectivity index (χ1) is 8.65. The Hall–Kier alpha value is -2.31. The van der Waals surface area contributed by atoms with Crippen LogP contribution in [0.3, 0.4) is 0 Å². The van der Waals surface area contributed by atoms with Gasteiger partial charge in [0, 0.05) is 13.1 Å². The third kappa shape index (κ3) is 2.20. The van der Waals surface area contributed by atoms with Crippen LogP contribution in [0.2, 0.25) is 0 Å². The van der Waals surface area contributed by atoms with Crippen molar-refractivity contribution in [2.24, 2.45) is 0 Å². The van der Waals surface area contributed by atoms with E-state index < -0.39 is 11.6 Å². The number of hydrogen-bond acceptors (Lipinski definition) is 5. The van der Waals surface area contributed by atoms with Crippen LogP contribution in [-0.4, -0.2) is 29.3 Å². The summed E-state index contributed by atoms with van der Waals surface area (Å²) in [5.74, 6) is -1.12. The first kappa shape index (κ1) is 12.2. The van der Waals surface area contributed by atoms with Crippen LogP contribution in [0.5, 0.6) is 5.75 Å². The Balaban J connectivity index is 2.53. The van der Waals surface area contributed by atoms with E-state index >= 15 is 0 Å². The molecule has 0 radical (unpaired) electrons. The summed E-state index contributed by atoms with van der Waals surface area (Å²) in [7, 11) is 2.90. The smallest absolute Gasteiger partial charge is 0.186 e. The van der Waals surface area contributed by atoms with Gasteiger partial charge in [0.05, 0.1) is 18.9 Å². The molecule has 2 aromatic rings. The highest BCUT2D eigenvalue weighted by atomic mass is 19.1. The molecule has 18 heavy (non-hydrogen) atoms. The lowest BCUT2D eigenvalue weighted by Gasteiger charge is -2.06. The zero-order valence-corrected chi connectivity index (χ0v) is 9.74. The van der Waals surface area contributed by atoms with E-state index in [4.69, 9.17) is 0 Å². The fraction of sp³-hybridized carbons (Fsp3) is 0.182. The fourth-order valence-electron chi connectivity index (χ4n) is 1.39. The number of nitrogens with zero attached hydrogens (tertiary/aromatic N) is 3. The monoisotopic (exact) mass is 252 g/mol. The molecule has 0 fully saturated rings. The fourth-order valence-corrected chi connectivity index (χ4v) is 1.39. The molecule has 0 aliphatic rings. The molecule has 1 heterocycles. The molecule has 1 N–H and O–H groups in total. The number of methoxy groups -OCH3 is 1. The second-order valence-electron chi connectivity index (χ2n) is 3.38. The van der Waals surface area contributed by atoms with Crippen LogP contribution in [0.4, 0.5) is 14.6 Å². The third-order valence-electron chi connectivity index (χ3n) is 2.30. The zero-order valence-electron chi connectivity index (χ0n) is 9.74. The second-order valence-corrected chi connectivity index (χ2v) is 3.38. The van der Waals surface area contributed by atoms with E-state index in [9.17, 15) is 8.78 Å². The van der Waals surface area contributed by atoms with Crippen LogP contribution in [0, 0.1) is 11.6 Å². The van der Waals surface area contributed by atoms with Gasteiger partial charge in [-0.05, 0) is 6.07 Å². The molecule has 1 aromatic carbocycles. The maximum Gasteiger partial charge on any atom is 0.186 e. The van der Waals surface area contributed by atoms with Gasteiger partial charge >= 0.3 is 0 Å². The molecular weight excluding hydrogens is 242 g/mol. The van der Waals surface area contributed by atoms with Crippen LogP contribution in [0.15, 0.2) is 18.3 Å². The van der Waals surface area contributed by atoms with Crippen LogP contribution in [0.1, 0.15) is 0 Å². The summed E-state index contributed by atoms with van der Waals surface area (Å²) in [4.78, 5) is 3.99. The Bertz CT molecular complexity index is 577. The average molecular weight is 252 g/mol. The van der Waals surface area contributed by atoms with Crippen molar-refractivity contribution in [1.29, 1.82) is 0 Å². The predicted octanol–water partition coefficient (Wildman–Crippen LogP) is 1.87. The summed E-state index contributed by atoms with van der Waals surface area (Å²) in [5.41, 5.74) is -0.0714. The lowest BCUT2D eigenvalue weighted by atomic mass is 10.2. The minimum atomic E-state index is -0.688. The largest absolute Gasteiger partial charge is 0.494 e. The van der Waals surface area contributed by atoms with E-state index in [-0.39, 0.29) is 17.1 Å². The number of anilines is 1. The van der Waals surface area contributed by atoms with E-state index in [2.05, 4.69) is 25.2 Å². The average Bonchev–Trinajstić information content (AvgIpc) is 2.41. The number of aromatic nitrogens is 3. The van der Waals surface area contributed by atoms with Gasteiger partial charge in [-0.15, -0.1) is 5.10 Å². The zero-order chi connectivity index (χ0) is 13.1. The maximum atomic E-state index is 13.8. The Morgan fingerprint density at radius 2 is 2.00 bits per heavy atom. The molecule has 0 aliphatic heterocycles. The molecule has 0 bridgehead atoms. The number of halogens is 2. The van der Waals surface area contributed by atoms with Crippen molar-refractivity contribution in [3.05, 3.63) is 30.0 Å². The highest BCUT2D eigenvalue weighted by Gasteiger charge is 2.14. The number of nitrogens with one attached hydrogen (secondary N) is 1. The molecule has 0 atom stereocenters. The van der Waals surface area contributed by atoms with Crippen LogP contribution in [0.25, 0.3) is 11.4 Å². The summed E-state index contributed by atoms with van der Waals surface area (Å²) in [6.07, 6.45) is 1.38. The number of hydrogen-bond donors (Lipinski definition) is 1. The molecule has 0 amide bonds. The second kappa shape index (κ2) is 4.91. The van der Waals surface area contributed by atoms with Crippen molar-refractivity contribution in [2.75, 3.05) is 19.5 Å². The summed E-state index contributed by atoms with van der Waals surface area (Å²) in [6, 6.07) is 1.92. The van der Waals surface area contributed by atoms with Crippen molar-refractivity contribution < 1.29 is 13.5 Å². The molecular formula is C11H10F2N4O. The van der Waals surface area contributed by atoms with E-state index in [0.29, 0.717) is 5.82 Å². The molecule has 94 valence electrons. The third-order valence-corrected chi connectivity index (χ3v) is 2.30.